The predicted molar refractivity (Wildman–Crippen MR) is 126 cm³/mol. The number of hydrogen-bond acceptors (Lipinski definition) is 7. The van der Waals surface area contributed by atoms with Crippen molar-refractivity contribution in [3.05, 3.63) is 46.2 Å². The molecule has 0 saturated heterocycles. The van der Waals surface area contributed by atoms with E-state index in [1.807, 2.05) is 35.7 Å². The van der Waals surface area contributed by atoms with E-state index in [-0.39, 0.29) is 5.91 Å². The van der Waals surface area contributed by atoms with Crippen molar-refractivity contribution in [3.63, 3.8) is 0 Å². The minimum Gasteiger partial charge on any atom is -0.493 e. The second-order valence-electron chi connectivity index (χ2n) is 6.51. The number of ether oxygens (including phenoxy) is 2. The van der Waals surface area contributed by atoms with Crippen LogP contribution in [0.2, 0.25) is 0 Å². The van der Waals surface area contributed by atoms with Crippen molar-refractivity contribution in [2.45, 2.75) is 19.9 Å². The van der Waals surface area contributed by atoms with E-state index in [9.17, 15) is 4.79 Å². The molecule has 0 fully saturated rings. The van der Waals surface area contributed by atoms with Gasteiger partial charge in [0.05, 0.1) is 31.3 Å². The Balaban J connectivity index is 1.57. The lowest BCUT2D eigenvalue weighted by molar-refractivity contribution is -0.119. The Morgan fingerprint density at radius 1 is 1.23 bits per heavy atom. The van der Waals surface area contributed by atoms with Crippen molar-refractivity contribution in [2.24, 2.45) is 10.7 Å². The molecule has 2 aromatic heterocycles. The molecule has 0 saturated carbocycles. The molecule has 31 heavy (non-hydrogen) atoms. The lowest BCUT2D eigenvalue weighted by Gasteiger charge is -2.11. The van der Waals surface area contributed by atoms with E-state index in [1.54, 1.807) is 25.6 Å². The molecule has 4 N–H and O–H groups in total. The first-order chi connectivity index (χ1) is 15.0. The van der Waals surface area contributed by atoms with Gasteiger partial charge in [-0.25, -0.2) is 4.98 Å². The van der Waals surface area contributed by atoms with Crippen LogP contribution in [0, 0.1) is 0 Å². The predicted octanol–water partition coefficient (Wildman–Crippen LogP) is 3.49. The molecule has 0 aliphatic carbocycles. The number of carbonyl (C=O) groups excluding carboxylic acids is 1. The number of benzene rings is 1. The number of nitrogens with zero attached hydrogens (tertiary/aromatic N) is 2. The molecule has 3 rings (SSSR count). The molecule has 1 amide bonds. The number of aromatic nitrogens is 1. The summed E-state index contributed by atoms with van der Waals surface area (Å²) >= 11 is 3.05. The fourth-order valence-corrected chi connectivity index (χ4v) is 4.56. The van der Waals surface area contributed by atoms with Gasteiger partial charge >= 0.3 is 0 Å². The summed E-state index contributed by atoms with van der Waals surface area (Å²) in [6, 6.07) is 9.75. The molecule has 10 heteroatoms. The zero-order valence-corrected chi connectivity index (χ0v) is 19.2. The van der Waals surface area contributed by atoms with Gasteiger partial charge in [0.25, 0.3) is 0 Å². The van der Waals surface area contributed by atoms with Crippen LogP contribution in [0.3, 0.4) is 0 Å². The van der Waals surface area contributed by atoms with Crippen LogP contribution in [0.15, 0.2) is 40.7 Å². The van der Waals surface area contributed by atoms with Gasteiger partial charge in [0.15, 0.2) is 22.6 Å². The van der Waals surface area contributed by atoms with Crippen LogP contribution < -0.4 is 25.8 Å². The van der Waals surface area contributed by atoms with Crippen molar-refractivity contribution in [3.8, 4) is 22.1 Å². The first kappa shape index (κ1) is 22.6. The Hall–Kier alpha value is -3.11. The standard InChI is InChI=1S/C21H25N5O3S2/c1-13(27)24-11-15-7-8-18(31-15)16-12-30-21(25-16)26-20(22)23-10-9-14-5-4-6-17(28-2)19(14)29-3/h4-8,12H,9-11H2,1-3H3,(H,24,27)(H3,22,23,25,26). The topological polar surface area (TPSA) is 111 Å². The summed E-state index contributed by atoms with van der Waals surface area (Å²) in [6.07, 6.45) is 0.665. The molecule has 1 aromatic carbocycles. The molecular weight excluding hydrogens is 434 g/mol. The van der Waals surface area contributed by atoms with Crippen LogP contribution in [0.25, 0.3) is 10.6 Å². The highest BCUT2D eigenvalue weighted by molar-refractivity contribution is 7.17. The summed E-state index contributed by atoms with van der Waals surface area (Å²) < 4.78 is 10.8. The Kier molecular flexibility index (Phi) is 7.85. The van der Waals surface area contributed by atoms with Gasteiger partial charge in [0.2, 0.25) is 5.91 Å². The minimum atomic E-state index is -0.0466. The molecular formula is C21H25N5O3S2. The number of guanidine groups is 1. The number of para-hydroxylation sites is 1. The summed E-state index contributed by atoms with van der Waals surface area (Å²) in [5.74, 6) is 1.67. The average Bonchev–Trinajstić information content (AvgIpc) is 3.41. The van der Waals surface area contributed by atoms with Crippen molar-refractivity contribution in [1.82, 2.24) is 10.3 Å². The monoisotopic (exact) mass is 459 g/mol. The van der Waals surface area contributed by atoms with E-state index >= 15 is 0 Å². The van der Waals surface area contributed by atoms with Crippen LogP contribution in [0.5, 0.6) is 11.5 Å². The van der Waals surface area contributed by atoms with E-state index < -0.39 is 0 Å². The van der Waals surface area contributed by atoms with Gasteiger partial charge < -0.3 is 25.8 Å². The lowest BCUT2D eigenvalue weighted by atomic mass is 10.1. The number of thiazole rings is 1. The summed E-state index contributed by atoms with van der Waals surface area (Å²) in [6.45, 7) is 2.52. The molecule has 0 unspecified atom stereocenters. The van der Waals surface area contributed by atoms with Gasteiger partial charge in [-0.2, -0.15) is 0 Å². The minimum absolute atomic E-state index is 0.0466. The number of carbonyl (C=O) groups is 1. The first-order valence-corrected chi connectivity index (χ1v) is 11.3. The Morgan fingerprint density at radius 3 is 2.81 bits per heavy atom. The zero-order valence-electron chi connectivity index (χ0n) is 17.6. The molecule has 0 aliphatic rings. The number of hydrogen-bond donors (Lipinski definition) is 3. The van der Waals surface area contributed by atoms with Gasteiger partial charge in [-0.05, 0) is 30.2 Å². The fourth-order valence-electron chi connectivity index (χ4n) is 2.86. The van der Waals surface area contributed by atoms with Crippen molar-refractivity contribution in [1.29, 1.82) is 0 Å². The smallest absolute Gasteiger partial charge is 0.217 e. The van der Waals surface area contributed by atoms with E-state index in [1.165, 1.54) is 18.3 Å². The summed E-state index contributed by atoms with van der Waals surface area (Å²) in [4.78, 5) is 22.1. The fraction of sp³-hybridized carbons (Fsp3) is 0.286. The number of thiophene rings is 1. The highest BCUT2D eigenvalue weighted by Crippen LogP contribution is 2.32. The molecule has 0 atom stereocenters. The van der Waals surface area contributed by atoms with Gasteiger partial charge in [0.1, 0.15) is 0 Å². The van der Waals surface area contributed by atoms with Crippen molar-refractivity contribution in [2.75, 3.05) is 26.1 Å². The van der Waals surface area contributed by atoms with E-state index in [2.05, 4.69) is 20.6 Å². The normalized spacial score (nSPS) is 11.3. The van der Waals surface area contributed by atoms with Crippen LogP contribution in [0.1, 0.15) is 17.4 Å². The summed E-state index contributed by atoms with van der Waals surface area (Å²) in [7, 11) is 3.24. The number of aliphatic imine (C=N–C) groups is 1. The highest BCUT2D eigenvalue weighted by atomic mass is 32.1. The molecule has 2 heterocycles. The molecule has 164 valence electrons. The van der Waals surface area contributed by atoms with E-state index in [0.717, 1.165) is 21.0 Å². The third-order valence-corrected chi connectivity index (χ3v) is 6.18. The molecule has 0 spiro atoms. The second kappa shape index (κ2) is 10.8. The number of amides is 1. The first-order valence-electron chi connectivity index (χ1n) is 9.56. The molecule has 0 bridgehead atoms. The van der Waals surface area contributed by atoms with Crippen molar-refractivity contribution < 1.29 is 14.3 Å². The van der Waals surface area contributed by atoms with Gasteiger partial charge in [-0.3, -0.25) is 9.79 Å². The van der Waals surface area contributed by atoms with Crippen molar-refractivity contribution >= 4 is 39.7 Å². The Labute approximate surface area is 189 Å². The van der Waals surface area contributed by atoms with E-state index in [4.69, 9.17) is 15.2 Å². The Morgan fingerprint density at radius 2 is 2.06 bits per heavy atom. The maximum Gasteiger partial charge on any atom is 0.217 e. The lowest BCUT2D eigenvalue weighted by Crippen LogP contribution is -2.23. The highest BCUT2D eigenvalue weighted by Gasteiger charge is 2.10. The van der Waals surface area contributed by atoms with Crippen LogP contribution >= 0.6 is 22.7 Å². The molecule has 8 nitrogen and oxygen atoms in total. The van der Waals surface area contributed by atoms with Gasteiger partial charge in [-0.1, -0.05) is 12.1 Å². The molecule has 0 aliphatic heterocycles. The van der Waals surface area contributed by atoms with Gasteiger partial charge in [-0.15, -0.1) is 22.7 Å². The number of methoxy groups -OCH3 is 2. The summed E-state index contributed by atoms with van der Waals surface area (Å²) in [5.41, 5.74) is 7.89. The molecule has 0 radical (unpaired) electrons. The number of nitrogens with one attached hydrogen (secondary N) is 2. The van der Waals surface area contributed by atoms with Crippen LogP contribution in [0.4, 0.5) is 5.13 Å². The van der Waals surface area contributed by atoms with Crippen LogP contribution in [-0.2, 0) is 17.8 Å². The number of rotatable bonds is 9. The second-order valence-corrected chi connectivity index (χ2v) is 8.53. The third kappa shape index (κ3) is 6.19. The maximum atomic E-state index is 11.1. The van der Waals surface area contributed by atoms with Gasteiger partial charge in [0, 0.05) is 23.7 Å². The Bertz CT molecular complexity index is 1060. The average molecular weight is 460 g/mol. The maximum absolute atomic E-state index is 11.1. The van der Waals surface area contributed by atoms with Crippen LogP contribution in [-0.4, -0.2) is 37.6 Å². The number of nitrogens with two attached hydrogens (primary N) is 1. The summed E-state index contributed by atoms with van der Waals surface area (Å²) in [5, 5.41) is 8.48. The molecule has 3 aromatic rings. The SMILES string of the molecule is COc1cccc(CCN=C(N)Nc2nc(-c3ccc(CNC(C)=O)s3)cs2)c1OC. The number of anilines is 1. The quantitative estimate of drug-likeness (QED) is 0.334. The zero-order chi connectivity index (χ0) is 22.2. The third-order valence-electron chi connectivity index (χ3n) is 4.31. The largest absolute Gasteiger partial charge is 0.493 e. The van der Waals surface area contributed by atoms with E-state index in [0.29, 0.717) is 42.1 Å².